The van der Waals surface area contributed by atoms with Crippen molar-refractivity contribution in [3.8, 4) is 0 Å². The number of hydrazine groups is 1. The van der Waals surface area contributed by atoms with Crippen molar-refractivity contribution in [3.63, 3.8) is 0 Å². The number of likely N-dealkylation sites (N-methyl/N-ethyl adjacent to an activating group) is 1. The van der Waals surface area contributed by atoms with E-state index in [4.69, 9.17) is 0 Å². The summed E-state index contributed by atoms with van der Waals surface area (Å²) in [4.78, 5) is 11.0. The number of carbonyl (C=O) groups excluding carboxylic acids is 1. The normalized spacial score (nSPS) is 24.8. The zero-order chi connectivity index (χ0) is 7.56. The monoisotopic (exact) mass is 142 g/mol. The summed E-state index contributed by atoms with van der Waals surface area (Å²) in [5, 5.41) is 4.06. The molecule has 0 unspecified atom stereocenters. The Bertz CT molecular complexity index is 136. The number of rotatable bonds is 0. The van der Waals surface area contributed by atoms with Gasteiger partial charge in [-0.05, 0) is 6.42 Å². The van der Waals surface area contributed by atoms with Crippen molar-refractivity contribution in [1.82, 2.24) is 10.0 Å². The Morgan fingerprint density at radius 3 is 2.70 bits per heavy atom. The smallest absolute Gasteiger partial charge is 0.148 e. The molecule has 0 N–H and O–H groups in total. The second-order valence-electron chi connectivity index (χ2n) is 2.84. The molecular weight excluding hydrogens is 128 g/mol. The third-order valence-electron chi connectivity index (χ3n) is 1.93. The van der Waals surface area contributed by atoms with E-state index >= 15 is 0 Å². The molecule has 0 radical (unpaired) electrons. The highest BCUT2D eigenvalue weighted by Crippen LogP contribution is 2.03. The van der Waals surface area contributed by atoms with Crippen LogP contribution < -0.4 is 0 Å². The third kappa shape index (κ3) is 1.78. The lowest BCUT2D eigenvalue weighted by Crippen LogP contribution is -2.37. The lowest BCUT2D eigenvalue weighted by Gasteiger charge is -2.24. The topological polar surface area (TPSA) is 23.6 Å². The summed E-state index contributed by atoms with van der Waals surface area (Å²) in [5.74, 6) is 0.354. The van der Waals surface area contributed by atoms with Crippen LogP contribution in [0.15, 0.2) is 0 Å². The molecule has 0 aromatic heterocycles. The fourth-order valence-electron chi connectivity index (χ4n) is 1.13. The number of nitrogens with zero attached hydrogens (tertiary/aromatic N) is 2. The lowest BCUT2D eigenvalue weighted by atomic mass is 10.2. The molecule has 1 fully saturated rings. The highest BCUT2D eigenvalue weighted by atomic mass is 16.1. The molecule has 0 saturated carbocycles. The largest absolute Gasteiger partial charge is 0.298 e. The van der Waals surface area contributed by atoms with Gasteiger partial charge in [0, 0.05) is 27.1 Å². The van der Waals surface area contributed by atoms with Crippen LogP contribution in [0.3, 0.4) is 0 Å². The number of Topliss-reactive ketones (excluding diaryl/α,β-unsaturated/α-hetero) is 1. The van der Waals surface area contributed by atoms with E-state index in [2.05, 4.69) is 5.01 Å². The first-order valence-corrected chi connectivity index (χ1v) is 3.64. The summed E-state index contributed by atoms with van der Waals surface area (Å²) in [7, 11) is 3.96. The van der Waals surface area contributed by atoms with Crippen LogP contribution in [-0.2, 0) is 4.79 Å². The molecule has 1 heterocycles. The summed E-state index contributed by atoms with van der Waals surface area (Å²) >= 11 is 0. The minimum absolute atomic E-state index is 0.354. The maximum atomic E-state index is 11.0. The molecule has 3 heteroatoms. The average molecular weight is 142 g/mol. The maximum absolute atomic E-state index is 11.0. The van der Waals surface area contributed by atoms with Gasteiger partial charge in [0.1, 0.15) is 5.78 Å². The minimum Gasteiger partial charge on any atom is -0.298 e. The summed E-state index contributed by atoms with van der Waals surface area (Å²) < 4.78 is 0. The van der Waals surface area contributed by atoms with Crippen LogP contribution in [0.25, 0.3) is 0 Å². The Labute approximate surface area is 61.6 Å². The molecule has 58 valence electrons. The second-order valence-corrected chi connectivity index (χ2v) is 2.84. The average Bonchev–Trinajstić information content (AvgIpc) is 1.96. The van der Waals surface area contributed by atoms with E-state index < -0.39 is 0 Å². The van der Waals surface area contributed by atoms with E-state index in [1.165, 1.54) is 0 Å². The van der Waals surface area contributed by atoms with E-state index in [1.807, 2.05) is 19.1 Å². The molecule has 0 bridgehead atoms. The van der Waals surface area contributed by atoms with E-state index in [0.717, 1.165) is 19.4 Å². The number of carbonyl (C=O) groups is 1. The Morgan fingerprint density at radius 1 is 1.30 bits per heavy atom. The van der Waals surface area contributed by atoms with Gasteiger partial charge in [-0.2, -0.15) is 0 Å². The van der Waals surface area contributed by atoms with Crippen LogP contribution in [0.2, 0.25) is 0 Å². The minimum atomic E-state index is 0.354. The van der Waals surface area contributed by atoms with Gasteiger partial charge in [-0.3, -0.25) is 4.79 Å². The van der Waals surface area contributed by atoms with Gasteiger partial charge in [-0.25, -0.2) is 10.0 Å². The van der Waals surface area contributed by atoms with Gasteiger partial charge in [0.2, 0.25) is 0 Å². The van der Waals surface area contributed by atoms with Crippen LogP contribution in [0, 0.1) is 0 Å². The Kier molecular flexibility index (Phi) is 2.40. The standard InChI is InChI=1S/C7H14N2O/c1-8-5-3-4-7(10)6-9(8)2/h3-6H2,1-2H3. The van der Waals surface area contributed by atoms with Crippen molar-refractivity contribution in [2.45, 2.75) is 12.8 Å². The first-order chi connectivity index (χ1) is 4.70. The van der Waals surface area contributed by atoms with Crippen LogP contribution >= 0.6 is 0 Å². The summed E-state index contributed by atoms with van der Waals surface area (Å²) in [6, 6.07) is 0. The van der Waals surface area contributed by atoms with Crippen LogP contribution in [0.1, 0.15) is 12.8 Å². The highest BCUT2D eigenvalue weighted by molar-refractivity contribution is 5.80. The molecule has 0 spiro atoms. The number of hydrogen-bond donors (Lipinski definition) is 0. The zero-order valence-corrected chi connectivity index (χ0v) is 6.63. The van der Waals surface area contributed by atoms with Crippen LogP contribution in [0.4, 0.5) is 0 Å². The predicted molar refractivity (Wildman–Crippen MR) is 39.5 cm³/mol. The van der Waals surface area contributed by atoms with Crippen molar-refractivity contribution >= 4 is 5.78 Å². The van der Waals surface area contributed by atoms with E-state index in [1.54, 1.807) is 0 Å². The van der Waals surface area contributed by atoms with E-state index in [0.29, 0.717) is 12.3 Å². The SMILES string of the molecule is CN1CCCC(=O)CN1C. The maximum Gasteiger partial charge on any atom is 0.148 e. The molecule has 0 amide bonds. The van der Waals surface area contributed by atoms with Gasteiger partial charge in [-0.15, -0.1) is 0 Å². The van der Waals surface area contributed by atoms with Crippen LogP contribution in [0.5, 0.6) is 0 Å². The first kappa shape index (κ1) is 7.69. The van der Waals surface area contributed by atoms with Gasteiger partial charge in [0.25, 0.3) is 0 Å². The molecule has 1 aliphatic heterocycles. The van der Waals surface area contributed by atoms with Crippen LogP contribution in [-0.4, -0.2) is 43.0 Å². The lowest BCUT2D eigenvalue weighted by molar-refractivity contribution is -0.121. The van der Waals surface area contributed by atoms with Crippen molar-refractivity contribution in [2.24, 2.45) is 0 Å². The van der Waals surface area contributed by atoms with E-state index in [9.17, 15) is 4.79 Å². The van der Waals surface area contributed by atoms with Gasteiger partial charge in [0.05, 0.1) is 6.54 Å². The molecule has 1 saturated heterocycles. The third-order valence-corrected chi connectivity index (χ3v) is 1.93. The summed E-state index contributed by atoms with van der Waals surface area (Å²) in [6.45, 7) is 1.58. The highest BCUT2D eigenvalue weighted by Gasteiger charge is 2.14. The quantitative estimate of drug-likeness (QED) is 0.480. The predicted octanol–water partition coefficient (Wildman–Crippen LogP) is 0.128. The summed E-state index contributed by atoms with van der Waals surface area (Å²) in [6.07, 6.45) is 1.74. The van der Waals surface area contributed by atoms with E-state index in [-0.39, 0.29) is 0 Å². The first-order valence-electron chi connectivity index (χ1n) is 3.64. The van der Waals surface area contributed by atoms with Gasteiger partial charge in [-0.1, -0.05) is 0 Å². The molecule has 1 rings (SSSR count). The second kappa shape index (κ2) is 3.12. The summed E-state index contributed by atoms with van der Waals surface area (Å²) in [5.41, 5.74) is 0. The molecule has 3 nitrogen and oxygen atoms in total. The molecule has 0 aromatic rings. The molecule has 0 aliphatic carbocycles. The number of hydrogen-bond acceptors (Lipinski definition) is 3. The van der Waals surface area contributed by atoms with Gasteiger partial charge in [0.15, 0.2) is 0 Å². The molecule has 10 heavy (non-hydrogen) atoms. The van der Waals surface area contributed by atoms with Crippen molar-refractivity contribution in [1.29, 1.82) is 0 Å². The molecule has 0 atom stereocenters. The fourth-order valence-corrected chi connectivity index (χ4v) is 1.13. The molecule has 1 aliphatic rings. The van der Waals surface area contributed by atoms with Crippen molar-refractivity contribution in [3.05, 3.63) is 0 Å². The fraction of sp³-hybridized carbons (Fsp3) is 0.857. The molecular formula is C7H14N2O. The molecule has 0 aromatic carbocycles. The Hall–Kier alpha value is -0.410. The van der Waals surface area contributed by atoms with Crippen molar-refractivity contribution < 1.29 is 4.79 Å². The number of ketones is 1. The Morgan fingerprint density at radius 2 is 2.00 bits per heavy atom. The van der Waals surface area contributed by atoms with Gasteiger partial charge >= 0.3 is 0 Å². The van der Waals surface area contributed by atoms with Gasteiger partial charge < -0.3 is 0 Å². The van der Waals surface area contributed by atoms with Crippen molar-refractivity contribution in [2.75, 3.05) is 27.2 Å². The Balaban J connectivity index is 2.49. The zero-order valence-electron chi connectivity index (χ0n) is 6.63.